The summed E-state index contributed by atoms with van der Waals surface area (Å²) in [6.45, 7) is 6.36. The minimum absolute atomic E-state index is 0.0477. The molecule has 1 aliphatic rings. The Kier molecular flexibility index (Phi) is 7.46. The van der Waals surface area contributed by atoms with Crippen molar-refractivity contribution < 1.29 is 14.7 Å². The van der Waals surface area contributed by atoms with Gasteiger partial charge in [-0.05, 0) is 45.7 Å². The molecule has 1 amide bonds. The Bertz CT molecular complexity index is 1510. The maximum absolute atomic E-state index is 13.5. The molecule has 6 nitrogen and oxygen atoms in total. The molecule has 2 aromatic carbocycles. The second-order valence-corrected chi connectivity index (χ2v) is 13.3. The molecule has 0 bridgehead atoms. The number of aliphatic hydroxyl groups excluding tert-OH is 1. The van der Waals surface area contributed by atoms with Crippen LogP contribution in [0, 0.1) is 0 Å². The normalized spacial score (nSPS) is 15.9. The zero-order valence-corrected chi connectivity index (χ0v) is 24.0. The average Bonchev–Trinajstić information content (AvgIpc) is 3.64. The molecule has 0 saturated carbocycles. The van der Waals surface area contributed by atoms with Crippen molar-refractivity contribution in [3.8, 4) is 0 Å². The lowest BCUT2D eigenvalue weighted by Gasteiger charge is -2.25. The molecule has 194 valence electrons. The standard InChI is InChI=1S/C28H24ClN3O3S3/c1-28(2,3)18-10-8-17(9-11-18)22-21(23(33)20-5-4-14-36-20)24(34)25(35)32(22)26-30-31-27(38-26)37-15-16-6-12-19(29)13-7-16/h4-14,22,34H,15H2,1-3H3. The van der Waals surface area contributed by atoms with Crippen molar-refractivity contribution in [2.75, 3.05) is 4.90 Å². The molecule has 5 rings (SSSR count). The van der Waals surface area contributed by atoms with Crippen LogP contribution in [-0.2, 0) is 16.0 Å². The monoisotopic (exact) mass is 581 g/mol. The van der Waals surface area contributed by atoms with Crippen LogP contribution in [0.1, 0.15) is 53.2 Å². The lowest BCUT2D eigenvalue weighted by atomic mass is 9.85. The van der Waals surface area contributed by atoms with E-state index in [1.54, 1.807) is 17.5 Å². The Labute approximate surface area is 238 Å². The summed E-state index contributed by atoms with van der Waals surface area (Å²) in [4.78, 5) is 28.8. The van der Waals surface area contributed by atoms with Crippen LogP contribution in [0.3, 0.4) is 0 Å². The van der Waals surface area contributed by atoms with E-state index in [0.717, 1.165) is 11.1 Å². The number of aromatic nitrogens is 2. The Morgan fingerprint density at radius 2 is 1.79 bits per heavy atom. The molecule has 0 aliphatic carbocycles. The van der Waals surface area contributed by atoms with Crippen LogP contribution in [0.15, 0.2) is 81.7 Å². The number of nitrogens with zero attached hydrogens (tertiary/aromatic N) is 3. The van der Waals surface area contributed by atoms with Crippen LogP contribution in [0.4, 0.5) is 5.13 Å². The van der Waals surface area contributed by atoms with Gasteiger partial charge in [-0.3, -0.25) is 14.5 Å². The fourth-order valence-corrected chi connectivity index (χ4v) is 6.77. The summed E-state index contributed by atoms with van der Waals surface area (Å²) in [7, 11) is 0. The van der Waals surface area contributed by atoms with Gasteiger partial charge in [-0.15, -0.1) is 21.5 Å². The van der Waals surface area contributed by atoms with E-state index >= 15 is 0 Å². The van der Waals surface area contributed by atoms with E-state index in [-0.39, 0.29) is 16.8 Å². The summed E-state index contributed by atoms with van der Waals surface area (Å²) < 4.78 is 0.669. The van der Waals surface area contributed by atoms with Gasteiger partial charge in [-0.1, -0.05) is 97.9 Å². The van der Waals surface area contributed by atoms with E-state index in [2.05, 4.69) is 31.0 Å². The summed E-state index contributed by atoms with van der Waals surface area (Å²) in [6, 6.07) is 18.0. The number of Topliss-reactive ketones (excluding diaryl/α,β-unsaturated/α-hetero) is 1. The van der Waals surface area contributed by atoms with E-state index < -0.39 is 17.7 Å². The summed E-state index contributed by atoms with van der Waals surface area (Å²) in [5.74, 6) is -0.942. The predicted octanol–water partition coefficient (Wildman–Crippen LogP) is 7.63. The highest BCUT2D eigenvalue weighted by Crippen LogP contribution is 2.44. The first-order valence-corrected chi connectivity index (χ1v) is 14.9. The minimum atomic E-state index is -0.826. The molecule has 0 fully saturated rings. The smallest absolute Gasteiger partial charge is 0.296 e. The van der Waals surface area contributed by atoms with Crippen LogP contribution < -0.4 is 4.90 Å². The number of rotatable bonds is 7. The van der Waals surface area contributed by atoms with Gasteiger partial charge in [-0.25, -0.2) is 0 Å². The highest BCUT2D eigenvalue weighted by Gasteiger charge is 2.46. The number of halogens is 1. The van der Waals surface area contributed by atoms with Gasteiger partial charge in [0.1, 0.15) is 0 Å². The van der Waals surface area contributed by atoms with Crippen molar-refractivity contribution in [1.29, 1.82) is 0 Å². The minimum Gasteiger partial charge on any atom is -0.503 e. The number of aliphatic hydroxyl groups is 1. The first kappa shape index (κ1) is 26.6. The average molecular weight is 582 g/mol. The molecule has 1 unspecified atom stereocenters. The van der Waals surface area contributed by atoms with Crippen LogP contribution in [0.5, 0.6) is 0 Å². The molecule has 2 aromatic heterocycles. The lowest BCUT2D eigenvalue weighted by molar-refractivity contribution is -0.117. The van der Waals surface area contributed by atoms with Gasteiger partial charge in [-0.2, -0.15) is 0 Å². The Morgan fingerprint density at radius 3 is 2.42 bits per heavy atom. The molecule has 0 spiro atoms. The van der Waals surface area contributed by atoms with Crippen LogP contribution in [-0.4, -0.2) is 27.0 Å². The van der Waals surface area contributed by atoms with Crippen molar-refractivity contribution in [3.05, 3.63) is 104 Å². The van der Waals surface area contributed by atoms with Gasteiger partial charge >= 0.3 is 0 Å². The van der Waals surface area contributed by atoms with Gasteiger partial charge in [0.25, 0.3) is 5.91 Å². The molecular formula is C28H24ClN3O3S3. The third-order valence-electron chi connectivity index (χ3n) is 6.17. The van der Waals surface area contributed by atoms with Crippen LogP contribution in [0.2, 0.25) is 5.02 Å². The SMILES string of the molecule is CC(C)(C)c1ccc(C2C(C(=O)c3cccs3)=C(O)C(=O)N2c2nnc(SCc3ccc(Cl)cc3)s2)cc1. The number of carbonyl (C=O) groups is 2. The fraction of sp³-hybridized carbons (Fsp3) is 0.214. The maximum atomic E-state index is 13.5. The van der Waals surface area contributed by atoms with Gasteiger partial charge in [0.05, 0.1) is 16.5 Å². The van der Waals surface area contributed by atoms with Gasteiger partial charge in [0, 0.05) is 10.8 Å². The number of thiophene rings is 1. The Morgan fingerprint density at radius 1 is 1.08 bits per heavy atom. The number of benzene rings is 2. The topological polar surface area (TPSA) is 83.4 Å². The molecule has 1 N–H and O–H groups in total. The first-order chi connectivity index (χ1) is 18.1. The molecular weight excluding hydrogens is 558 g/mol. The molecule has 10 heteroatoms. The second kappa shape index (κ2) is 10.6. The van der Waals surface area contributed by atoms with Crippen LogP contribution >= 0.6 is 46.0 Å². The molecule has 4 aromatic rings. The van der Waals surface area contributed by atoms with Gasteiger partial charge in [0.15, 0.2) is 10.1 Å². The van der Waals surface area contributed by atoms with Crippen molar-refractivity contribution in [2.24, 2.45) is 0 Å². The molecule has 0 radical (unpaired) electrons. The van der Waals surface area contributed by atoms with Crippen molar-refractivity contribution in [1.82, 2.24) is 10.2 Å². The maximum Gasteiger partial charge on any atom is 0.296 e. The summed E-state index contributed by atoms with van der Waals surface area (Å²) >= 11 is 9.99. The fourth-order valence-electron chi connectivity index (χ4n) is 4.14. The number of hydrogen-bond donors (Lipinski definition) is 1. The number of ketones is 1. The number of thioether (sulfide) groups is 1. The van der Waals surface area contributed by atoms with Crippen molar-refractivity contribution in [2.45, 2.75) is 42.3 Å². The molecule has 38 heavy (non-hydrogen) atoms. The van der Waals surface area contributed by atoms with E-state index in [9.17, 15) is 14.7 Å². The Hall–Kier alpha value is -2.98. The highest BCUT2D eigenvalue weighted by molar-refractivity contribution is 8.00. The van der Waals surface area contributed by atoms with E-state index in [4.69, 9.17) is 11.6 Å². The number of hydrogen-bond acceptors (Lipinski definition) is 8. The largest absolute Gasteiger partial charge is 0.503 e. The molecule has 1 aliphatic heterocycles. The van der Waals surface area contributed by atoms with Crippen molar-refractivity contribution in [3.63, 3.8) is 0 Å². The third kappa shape index (κ3) is 5.29. The lowest BCUT2D eigenvalue weighted by Crippen LogP contribution is -2.31. The molecule has 1 atom stereocenters. The van der Waals surface area contributed by atoms with Crippen LogP contribution in [0.25, 0.3) is 0 Å². The van der Waals surface area contributed by atoms with E-state index in [0.29, 0.717) is 30.7 Å². The van der Waals surface area contributed by atoms with E-state index in [1.165, 1.54) is 39.3 Å². The number of anilines is 1. The Balaban J connectivity index is 1.49. The first-order valence-electron chi connectivity index (χ1n) is 11.8. The second-order valence-electron chi connectivity index (χ2n) is 9.78. The summed E-state index contributed by atoms with van der Waals surface area (Å²) in [5, 5.41) is 22.3. The number of carbonyl (C=O) groups excluding carboxylic acids is 2. The van der Waals surface area contributed by atoms with Crippen molar-refractivity contribution >= 4 is 62.9 Å². The molecule has 0 saturated heterocycles. The zero-order valence-electron chi connectivity index (χ0n) is 20.8. The predicted molar refractivity (Wildman–Crippen MR) is 155 cm³/mol. The zero-order chi connectivity index (χ0) is 27.0. The number of amides is 1. The van der Waals surface area contributed by atoms with E-state index in [1.807, 2.05) is 48.5 Å². The molecule has 3 heterocycles. The van der Waals surface area contributed by atoms with Gasteiger partial charge < -0.3 is 5.11 Å². The third-order valence-corrected chi connectivity index (χ3v) is 9.42. The summed E-state index contributed by atoms with van der Waals surface area (Å²) in [6.07, 6.45) is 0. The van der Waals surface area contributed by atoms with Gasteiger partial charge in [0.2, 0.25) is 10.9 Å². The quantitative estimate of drug-likeness (QED) is 0.137. The summed E-state index contributed by atoms with van der Waals surface area (Å²) in [5.41, 5.74) is 2.89. The highest BCUT2D eigenvalue weighted by atomic mass is 35.5.